The topological polar surface area (TPSA) is 36.7 Å². The van der Waals surface area contributed by atoms with Crippen LogP contribution in [0, 0.1) is 0 Å². The van der Waals surface area contributed by atoms with Gasteiger partial charge in [-0.3, -0.25) is 9.69 Å². The maximum absolute atomic E-state index is 12.8. The number of likely N-dealkylation sites (tertiary alicyclic amines) is 1. The first-order valence-electron chi connectivity index (χ1n) is 10.8. The number of hydrogen-bond acceptors (Lipinski definition) is 3. The lowest BCUT2D eigenvalue weighted by Gasteiger charge is -2.40. The van der Waals surface area contributed by atoms with Crippen molar-refractivity contribution in [2.75, 3.05) is 26.2 Å². The number of rotatable bonds is 6. The van der Waals surface area contributed by atoms with Crippen molar-refractivity contribution in [3.05, 3.63) is 59.5 Å². The molecule has 2 aliphatic rings. The van der Waals surface area contributed by atoms with E-state index < -0.39 is 0 Å². The number of benzene rings is 1. The quantitative estimate of drug-likeness (QED) is 0.737. The van der Waals surface area contributed by atoms with E-state index in [2.05, 4.69) is 49.1 Å². The highest BCUT2D eigenvalue weighted by molar-refractivity contribution is 5.77. The summed E-state index contributed by atoms with van der Waals surface area (Å²) < 4.78 is 5.22. The van der Waals surface area contributed by atoms with Crippen molar-refractivity contribution in [2.24, 2.45) is 0 Å². The van der Waals surface area contributed by atoms with Gasteiger partial charge in [0.2, 0.25) is 5.91 Å². The summed E-state index contributed by atoms with van der Waals surface area (Å²) in [5.74, 6) is 0.670. The Morgan fingerprint density at radius 2 is 1.93 bits per heavy atom. The minimum atomic E-state index is 0.248. The average Bonchev–Trinajstić information content (AvgIpc) is 3.32. The van der Waals surface area contributed by atoms with Gasteiger partial charge in [0.25, 0.3) is 0 Å². The van der Waals surface area contributed by atoms with Crippen LogP contribution >= 0.6 is 0 Å². The van der Waals surface area contributed by atoms with Gasteiger partial charge in [-0.25, -0.2) is 0 Å². The molecule has 4 heteroatoms. The summed E-state index contributed by atoms with van der Waals surface area (Å²) in [6, 6.07) is 11.0. The van der Waals surface area contributed by atoms with Crippen molar-refractivity contribution in [1.29, 1.82) is 0 Å². The van der Waals surface area contributed by atoms with E-state index >= 15 is 0 Å². The molecule has 1 fully saturated rings. The molecule has 1 aliphatic heterocycles. The Bertz CT molecular complexity index is 787. The molecule has 1 unspecified atom stereocenters. The molecule has 2 heterocycles. The highest BCUT2D eigenvalue weighted by atomic mass is 16.3. The van der Waals surface area contributed by atoms with E-state index in [4.69, 9.17) is 4.42 Å². The Balaban J connectivity index is 1.48. The van der Waals surface area contributed by atoms with Crippen molar-refractivity contribution < 1.29 is 9.21 Å². The smallest absolute Gasteiger partial charge is 0.223 e. The van der Waals surface area contributed by atoms with Crippen LogP contribution < -0.4 is 0 Å². The Morgan fingerprint density at radius 1 is 1.18 bits per heavy atom. The van der Waals surface area contributed by atoms with E-state index in [1.54, 1.807) is 6.26 Å². The summed E-state index contributed by atoms with van der Waals surface area (Å²) in [6.07, 6.45) is 7.74. The van der Waals surface area contributed by atoms with Crippen LogP contribution in [-0.4, -0.2) is 41.9 Å². The lowest BCUT2D eigenvalue weighted by Crippen LogP contribution is -2.41. The maximum Gasteiger partial charge on any atom is 0.223 e. The Morgan fingerprint density at radius 3 is 2.61 bits per heavy atom. The molecule has 1 aromatic carbocycles. The Hall–Kier alpha value is -2.07. The Kier molecular flexibility index (Phi) is 5.58. The molecule has 0 saturated carbocycles. The van der Waals surface area contributed by atoms with Crippen molar-refractivity contribution >= 4 is 5.91 Å². The summed E-state index contributed by atoms with van der Waals surface area (Å²) in [5, 5.41) is 0. The summed E-state index contributed by atoms with van der Waals surface area (Å²) in [6.45, 7) is 8.93. The molecule has 0 N–H and O–H groups in total. The molecular weight excluding hydrogens is 348 g/mol. The van der Waals surface area contributed by atoms with Crippen molar-refractivity contribution in [1.82, 2.24) is 9.80 Å². The molecule has 150 valence electrons. The lowest BCUT2D eigenvalue weighted by atomic mass is 9.73. The van der Waals surface area contributed by atoms with Crippen LogP contribution in [0.2, 0.25) is 0 Å². The summed E-state index contributed by atoms with van der Waals surface area (Å²) in [4.78, 5) is 17.3. The van der Waals surface area contributed by atoms with E-state index in [-0.39, 0.29) is 5.41 Å². The molecule has 0 radical (unpaired) electrons. The number of carbonyl (C=O) groups excluding carboxylic acids is 1. The van der Waals surface area contributed by atoms with Gasteiger partial charge in [0.05, 0.1) is 12.5 Å². The Labute approximate surface area is 168 Å². The van der Waals surface area contributed by atoms with Crippen LogP contribution in [-0.2, 0) is 16.8 Å². The second kappa shape index (κ2) is 8.12. The third-order valence-electron chi connectivity index (χ3n) is 6.95. The molecule has 1 aliphatic carbocycles. The largest absolute Gasteiger partial charge is 0.472 e. The highest BCUT2D eigenvalue weighted by Gasteiger charge is 2.45. The monoisotopic (exact) mass is 380 g/mol. The SMILES string of the molecule is CCN(CC)C(=O)CC1CC2(CCN(Cc3ccoc3)CC2)c2ccccc21. The normalized spacial score (nSPS) is 21.0. The van der Waals surface area contributed by atoms with Gasteiger partial charge in [-0.15, -0.1) is 0 Å². The number of piperidine rings is 1. The van der Waals surface area contributed by atoms with E-state index in [1.165, 1.54) is 29.5 Å². The van der Waals surface area contributed by atoms with Gasteiger partial charge in [0.15, 0.2) is 0 Å². The first-order chi connectivity index (χ1) is 13.6. The highest BCUT2D eigenvalue weighted by Crippen LogP contribution is 2.52. The number of hydrogen-bond donors (Lipinski definition) is 0. The molecule has 0 bridgehead atoms. The number of amides is 1. The van der Waals surface area contributed by atoms with Gasteiger partial charge in [0.1, 0.15) is 0 Å². The van der Waals surface area contributed by atoms with Gasteiger partial charge in [-0.05, 0) is 74.7 Å². The molecule has 2 aromatic rings. The van der Waals surface area contributed by atoms with Crippen LogP contribution in [0.25, 0.3) is 0 Å². The predicted octanol–water partition coefficient (Wildman–Crippen LogP) is 4.56. The van der Waals surface area contributed by atoms with E-state index in [0.717, 1.165) is 39.1 Å². The first kappa shape index (κ1) is 19.3. The summed E-state index contributed by atoms with van der Waals surface area (Å²) >= 11 is 0. The number of carbonyl (C=O) groups is 1. The van der Waals surface area contributed by atoms with Gasteiger partial charge >= 0.3 is 0 Å². The third kappa shape index (κ3) is 3.62. The fourth-order valence-corrected chi connectivity index (χ4v) is 5.38. The van der Waals surface area contributed by atoms with Crippen molar-refractivity contribution in [3.8, 4) is 0 Å². The molecule has 1 aromatic heterocycles. The van der Waals surface area contributed by atoms with Gasteiger partial charge in [-0.2, -0.15) is 0 Å². The zero-order valence-corrected chi connectivity index (χ0v) is 17.2. The minimum Gasteiger partial charge on any atom is -0.472 e. The molecule has 1 spiro atoms. The second-order valence-corrected chi connectivity index (χ2v) is 8.45. The molecule has 28 heavy (non-hydrogen) atoms. The van der Waals surface area contributed by atoms with Crippen molar-refractivity contribution in [3.63, 3.8) is 0 Å². The fourth-order valence-electron chi connectivity index (χ4n) is 5.38. The summed E-state index contributed by atoms with van der Waals surface area (Å²) in [7, 11) is 0. The van der Waals surface area contributed by atoms with Crippen LogP contribution in [0.3, 0.4) is 0 Å². The number of fused-ring (bicyclic) bond motifs is 2. The average molecular weight is 381 g/mol. The molecular formula is C24H32N2O2. The molecule has 4 rings (SSSR count). The maximum atomic E-state index is 12.8. The molecule has 1 atom stereocenters. The van der Waals surface area contributed by atoms with E-state index in [1.807, 2.05) is 11.2 Å². The number of nitrogens with zero attached hydrogens (tertiary/aromatic N) is 2. The minimum absolute atomic E-state index is 0.248. The zero-order valence-electron chi connectivity index (χ0n) is 17.2. The van der Waals surface area contributed by atoms with Gasteiger partial charge in [-0.1, -0.05) is 24.3 Å². The summed E-state index contributed by atoms with van der Waals surface area (Å²) in [5.41, 5.74) is 4.43. The number of furan rings is 1. The van der Waals surface area contributed by atoms with Crippen LogP contribution in [0.5, 0.6) is 0 Å². The van der Waals surface area contributed by atoms with Crippen molar-refractivity contribution in [2.45, 2.75) is 57.4 Å². The van der Waals surface area contributed by atoms with E-state index in [0.29, 0.717) is 18.2 Å². The molecule has 1 saturated heterocycles. The zero-order chi connectivity index (χ0) is 19.6. The van der Waals surface area contributed by atoms with Crippen LogP contribution in [0.4, 0.5) is 0 Å². The lowest BCUT2D eigenvalue weighted by molar-refractivity contribution is -0.131. The first-order valence-corrected chi connectivity index (χ1v) is 10.8. The fraction of sp³-hybridized carbons (Fsp3) is 0.542. The standard InChI is InChI=1S/C24H32N2O2/c1-3-26(4-2)23(27)15-20-16-24(22-8-6-5-7-21(20)22)10-12-25(13-11-24)17-19-9-14-28-18-19/h5-9,14,18,20H,3-4,10-13,15-17H2,1-2H3. The van der Waals surface area contributed by atoms with Gasteiger partial charge in [0, 0.05) is 31.6 Å². The second-order valence-electron chi connectivity index (χ2n) is 8.45. The van der Waals surface area contributed by atoms with Crippen LogP contribution in [0.1, 0.15) is 62.1 Å². The predicted molar refractivity (Wildman–Crippen MR) is 111 cm³/mol. The van der Waals surface area contributed by atoms with Gasteiger partial charge < -0.3 is 9.32 Å². The van der Waals surface area contributed by atoms with E-state index in [9.17, 15) is 4.79 Å². The third-order valence-corrected chi connectivity index (χ3v) is 6.95. The van der Waals surface area contributed by atoms with Crippen LogP contribution in [0.15, 0.2) is 47.3 Å². The molecule has 1 amide bonds. The molecule has 4 nitrogen and oxygen atoms in total.